The molecule has 5 heteroatoms. The second-order valence-electron chi connectivity index (χ2n) is 6.28. The van der Waals surface area contributed by atoms with Gasteiger partial charge in [-0.2, -0.15) is 0 Å². The molecular weight excluding hydrogens is 336 g/mol. The molecule has 0 radical (unpaired) electrons. The first-order chi connectivity index (χ1) is 11.7. The van der Waals surface area contributed by atoms with Crippen LogP contribution in [0.5, 0.6) is 11.5 Å². The lowest BCUT2D eigenvalue weighted by molar-refractivity contribution is -0.117. The Hall–Kier alpha value is -2.04. The van der Waals surface area contributed by atoms with Gasteiger partial charge in [-0.1, -0.05) is 24.6 Å². The molecular formula is C20H25ClN2O2. The summed E-state index contributed by atoms with van der Waals surface area (Å²) < 4.78 is 5.82. The molecule has 1 amide bonds. The van der Waals surface area contributed by atoms with Crippen LogP contribution in [0.2, 0.25) is 0 Å². The van der Waals surface area contributed by atoms with Crippen molar-refractivity contribution in [1.29, 1.82) is 0 Å². The highest BCUT2D eigenvalue weighted by Gasteiger charge is 2.14. The molecule has 2 aromatic carbocycles. The summed E-state index contributed by atoms with van der Waals surface area (Å²) in [7, 11) is 0. The van der Waals surface area contributed by atoms with E-state index >= 15 is 0 Å². The molecule has 4 nitrogen and oxygen atoms in total. The van der Waals surface area contributed by atoms with Crippen molar-refractivity contribution < 1.29 is 9.53 Å². The van der Waals surface area contributed by atoms with Crippen molar-refractivity contribution in [3.05, 3.63) is 54.1 Å². The van der Waals surface area contributed by atoms with Gasteiger partial charge in [-0.15, -0.1) is 12.4 Å². The summed E-state index contributed by atoms with van der Waals surface area (Å²) in [6.45, 7) is 4.50. The van der Waals surface area contributed by atoms with Crippen LogP contribution in [-0.2, 0) is 4.79 Å². The Kier molecular flexibility index (Phi) is 7.29. The Labute approximate surface area is 155 Å². The molecule has 1 heterocycles. The Bertz CT molecular complexity index is 685. The molecule has 134 valence electrons. The lowest BCUT2D eigenvalue weighted by atomic mass is 10.1. The number of likely N-dealkylation sites (tertiary alicyclic amines) is 1. The predicted molar refractivity (Wildman–Crippen MR) is 104 cm³/mol. The van der Waals surface area contributed by atoms with Crippen molar-refractivity contribution in [2.75, 3.05) is 25.0 Å². The van der Waals surface area contributed by atoms with E-state index in [2.05, 4.69) is 10.2 Å². The number of aryl methyl sites for hydroxylation is 1. The number of carbonyl (C=O) groups excluding carboxylic acids is 1. The zero-order valence-corrected chi connectivity index (χ0v) is 15.3. The van der Waals surface area contributed by atoms with Crippen LogP contribution < -0.4 is 10.1 Å². The first-order valence-electron chi connectivity index (χ1n) is 8.56. The highest BCUT2D eigenvalue weighted by atomic mass is 35.5. The highest BCUT2D eigenvalue weighted by molar-refractivity contribution is 5.93. The van der Waals surface area contributed by atoms with E-state index in [9.17, 15) is 4.79 Å². The van der Waals surface area contributed by atoms with Crippen molar-refractivity contribution in [1.82, 2.24) is 4.90 Å². The third-order valence-corrected chi connectivity index (χ3v) is 4.27. The molecule has 0 spiro atoms. The number of halogens is 1. The molecule has 0 aromatic heterocycles. The normalized spacial score (nSPS) is 14.4. The van der Waals surface area contributed by atoms with Gasteiger partial charge in [0, 0.05) is 5.69 Å². The monoisotopic (exact) mass is 360 g/mol. The number of ether oxygens (including phenoxy) is 1. The third-order valence-electron chi connectivity index (χ3n) is 4.27. The van der Waals surface area contributed by atoms with Crippen molar-refractivity contribution in [2.45, 2.75) is 26.2 Å². The molecule has 0 unspecified atom stereocenters. The van der Waals surface area contributed by atoms with Crippen LogP contribution in [0.4, 0.5) is 5.69 Å². The van der Waals surface area contributed by atoms with E-state index < -0.39 is 0 Å². The number of para-hydroxylation sites is 1. The zero-order chi connectivity index (χ0) is 16.8. The fourth-order valence-corrected chi connectivity index (χ4v) is 2.97. The van der Waals surface area contributed by atoms with Crippen LogP contribution in [0.3, 0.4) is 0 Å². The molecule has 2 aromatic rings. The maximum Gasteiger partial charge on any atom is 0.238 e. The minimum Gasteiger partial charge on any atom is -0.457 e. The lowest BCUT2D eigenvalue weighted by Gasteiger charge is -2.25. The summed E-state index contributed by atoms with van der Waals surface area (Å²) in [4.78, 5) is 14.4. The first-order valence-corrected chi connectivity index (χ1v) is 8.56. The molecule has 0 saturated carbocycles. The van der Waals surface area contributed by atoms with E-state index in [4.69, 9.17) is 4.74 Å². The molecule has 0 aliphatic carbocycles. The van der Waals surface area contributed by atoms with Gasteiger partial charge in [-0.25, -0.2) is 0 Å². The molecule has 3 rings (SSSR count). The molecule has 1 fully saturated rings. The van der Waals surface area contributed by atoms with Crippen LogP contribution in [-0.4, -0.2) is 30.4 Å². The second-order valence-corrected chi connectivity index (χ2v) is 6.28. The number of carbonyl (C=O) groups is 1. The summed E-state index contributed by atoms with van der Waals surface area (Å²) in [5.41, 5.74) is 1.84. The molecule has 1 aliphatic heterocycles. The van der Waals surface area contributed by atoms with Gasteiger partial charge in [0.2, 0.25) is 5.91 Å². The van der Waals surface area contributed by atoms with Crippen LogP contribution in [0, 0.1) is 6.92 Å². The van der Waals surface area contributed by atoms with Gasteiger partial charge in [0.1, 0.15) is 11.5 Å². The van der Waals surface area contributed by atoms with E-state index in [0.717, 1.165) is 35.8 Å². The van der Waals surface area contributed by atoms with Gasteiger partial charge in [0.25, 0.3) is 0 Å². The number of nitrogens with one attached hydrogen (secondary N) is 1. The van der Waals surface area contributed by atoms with Crippen LogP contribution in [0.25, 0.3) is 0 Å². The zero-order valence-electron chi connectivity index (χ0n) is 14.5. The SMILES string of the molecule is Cc1cc(Oc2ccccc2)ccc1NC(=O)CN1CCCCC1.Cl. The number of anilines is 1. The van der Waals surface area contributed by atoms with Crippen LogP contribution in [0.15, 0.2) is 48.5 Å². The minimum atomic E-state index is 0. The van der Waals surface area contributed by atoms with E-state index in [1.807, 2.05) is 55.5 Å². The molecule has 1 N–H and O–H groups in total. The number of rotatable bonds is 5. The van der Waals surface area contributed by atoms with Crippen molar-refractivity contribution >= 4 is 24.0 Å². The maximum absolute atomic E-state index is 12.2. The fraction of sp³-hybridized carbons (Fsp3) is 0.350. The molecule has 1 saturated heterocycles. The number of hydrogen-bond donors (Lipinski definition) is 1. The highest BCUT2D eigenvalue weighted by Crippen LogP contribution is 2.26. The van der Waals surface area contributed by atoms with E-state index in [0.29, 0.717) is 6.54 Å². The Morgan fingerprint density at radius 2 is 1.76 bits per heavy atom. The van der Waals surface area contributed by atoms with Gasteiger partial charge in [0.05, 0.1) is 6.54 Å². The van der Waals surface area contributed by atoms with Crippen molar-refractivity contribution in [3.8, 4) is 11.5 Å². The van der Waals surface area contributed by atoms with E-state index in [1.165, 1.54) is 19.3 Å². The standard InChI is InChI=1S/C20H24N2O2.ClH/c1-16-14-18(24-17-8-4-2-5-9-17)10-11-19(16)21-20(23)15-22-12-6-3-7-13-22;/h2,4-5,8-11,14H,3,6-7,12-13,15H2,1H3,(H,21,23);1H. The first kappa shape index (κ1) is 19.3. The summed E-state index contributed by atoms with van der Waals surface area (Å²) in [6.07, 6.45) is 3.66. The van der Waals surface area contributed by atoms with Gasteiger partial charge in [-0.05, 0) is 68.8 Å². The molecule has 0 bridgehead atoms. The summed E-state index contributed by atoms with van der Waals surface area (Å²) in [6, 6.07) is 15.4. The molecule has 0 atom stereocenters. The maximum atomic E-state index is 12.2. The quantitative estimate of drug-likeness (QED) is 0.844. The fourth-order valence-electron chi connectivity index (χ4n) is 2.97. The van der Waals surface area contributed by atoms with E-state index in [1.54, 1.807) is 0 Å². The number of hydrogen-bond acceptors (Lipinski definition) is 3. The Morgan fingerprint density at radius 1 is 1.04 bits per heavy atom. The molecule has 1 aliphatic rings. The van der Waals surface area contributed by atoms with E-state index in [-0.39, 0.29) is 18.3 Å². The summed E-state index contributed by atoms with van der Waals surface area (Å²) in [5, 5.41) is 3.01. The smallest absolute Gasteiger partial charge is 0.238 e. The van der Waals surface area contributed by atoms with Gasteiger partial charge >= 0.3 is 0 Å². The predicted octanol–water partition coefficient (Wildman–Crippen LogP) is 4.63. The number of nitrogens with zero attached hydrogens (tertiary/aromatic N) is 1. The van der Waals surface area contributed by atoms with Gasteiger partial charge < -0.3 is 10.1 Å². The Morgan fingerprint density at radius 3 is 2.44 bits per heavy atom. The average molecular weight is 361 g/mol. The summed E-state index contributed by atoms with van der Waals surface area (Å²) in [5.74, 6) is 1.63. The number of piperidine rings is 1. The second kappa shape index (κ2) is 9.44. The van der Waals surface area contributed by atoms with Crippen LogP contribution in [0.1, 0.15) is 24.8 Å². The number of benzene rings is 2. The number of amides is 1. The average Bonchev–Trinajstić information content (AvgIpc) is 2.59. The van der Waals surface area contributed by atoms with Crippen molar-refractivity contribution in [2.24, 2.45) is 0 Å². The van der Waals surface area contributed by atoms with Crippen molar-refractivity contribution in [3.63, 3.8) is 0 Å². The molecule has 25 heavy (non-hydrogen) atoms. The summed E-state index contributed by atoms with van der Waals surface area (Å²) >= 11 is 0. The van der Waals surface area contributed by atoms with Crippen LogP contribution >= 0.6 is 12.4 Å². The minimum absolute atomic E-state index is 0. The topological polar surface area (TPSA) is 41.6 Å². The lowest BCUT2D eigenvalue weighted by Crippen LogP contribution is -2.36. The largest absolute Gasteiger partial charge is 0.457 e. The Balaban J connectivity index is 0.00000225. The van der Waals surface area contributed by atoms with Gasteiger partial charge in [-0.3, -0.25) is 9.69 Å². The third kappa shape index (κ3) is 5.76. The van der Waals surface area contributed by atoms with Gasteiger partial charge in [0.15, 0.2) is 0 Å².